The molecule has 0 aliphatic carbocycles. The van der Waals surface area contributed by atoms with Gasteiger partial charge in [-0.15, -0.1) is 0 Å². The summed E-state index contributed by atoms with van der Waals surface area (Å²) in [6, 6.07) is 4.05. The lowest BCUT2D eigenvalue weighted by Gasteiger charge is -2.32. The van der Waals surface area contributed by atoms with Gasteiger partial charge in [-0.25, -0.2) is 0 Å². The molecule has 0 bridgehead atoms. The van der Waals surface area contributed by atoms with Crippen molar-refractivity contribution in [1.82, 2.24) is 0 Å². The van der Waals surface area contributed by atoms with Gasteiger partial charge in [0.25, 0.3) is 0 Å². The average molecular weight is 272 g/mol. The van der Waals surface area contributed by atoms with E-state index in [1.54, 1.807) is 20.8 Å². The highest BCUT2D eigenvalue weighted by Gasteiger charge is 2.27. The molecule has 108 valence electrons. The van der Waals surface area contributed by atoms with Gasteiger partial charge in [0.2, 0.25) is 0 Å². The van der Waals surface area contributed by atoms with Crippen molar-refractivity contribution in [2.24, 2.45) is 5.89 Å². The van der Waals surface area contributed by atoms with Crippen LogP contribution in [0.25, 0.3) is 0 Å². The lowest BCUT2D eigenvalue weighted by molar-refractivity contribution is 0.466. The van der Waals surface area contributed by atoms with E-state index in [1.807, 2.05) is 0 Å². The molecule has 1 atom stereocenters. The van der Waals surface area contributed by atoms with Gasteiger partial charge >= 0.3 is 0 Å². The molecule has 0 radical (unpaired) electrons. The van der Waals surface area contributed by atoms with Crippen molar-refractivity contribution in [2.75, 3.05) is 0 Å². The number of rotatable bonds is 4. The monoisotopic (exact) mass is 271 g/mol. The Hall–Kier alpha value is -0.780. The van der Waals surface area contributed by atoms with Crippen LogP contribution in [0.3, 0.4) is 0 Å². The van der Waals surface area contributed by atoms with Crippen LogP contribution in [0.4, 0.5) is 0 Å². The molecule has 0 heteroatoms. The van der Waals surface area contributed by atoms with Crippen molar-refractivity contribution in [3.8, 4) is 0 Å². The molecule has 19 heavy (non-hydrogen) atoms. The number of benzene rings is 1. The molecule has 0 aliphatic rings. The lowest BCUT2D eigenvalue weighted by Crippen LogP contribution is -2.21. The highest BCUT2D eigenvalue weighted by atomic mass is 14.3. The van der Waals surface area contributed by atoms with Crippen LogP contribution in [0.2, 0.25) is 0 Å². The van der Waals surface area contributed by atoms with E-state index in [4.69, 9.17) is 15.1 Å². The molecule has 1 aromatic carbocycles. The molecule has 0 aromatic heterocycles. The zero-order chi connectivity index (χ0) is 24.4. The minimum Gasteiger partial charge on any atom is -0.0648 e. The van der Waals surface area contributed by atoms with E-state index in [-0.39, 0.29) is 16.7 Å². The molecular weight excluding hydrogens is 228 g/mol. The van der Waals surface area contributed by atoms with Crippen LogP contribution in [-0.4, -0.2) is 0 Å². The molecular formula is C19H32. The number of hydrogen-bond acceptors (Lipinski definition) is 0. The van der Waals surface area contributed by atoms with Gasteiger partial charge < -0.3 is 0 Å². The Labute approximate surface area is 136 Å². The minimum absolute atomic E-state index is 0.0186. The first-order chi connectivity index (χ1) is 12.8. The Morgan fingerprint density at radius 3 is 2.21 bits per heavy atom. The maximum Gasteiger partial charge on any atom is 0.0355 e. The van der Waals surface area contributed by atoms with Crippen LogP contribution in [0.15, 0.2) is 18.2 Å². The average Bonchev–Trinajstić information content (AvgIpc) is 2.47. The predicted octanol–water partition coefficient (Wildman–Crippen LogP) is 6.26. The molecule has 1 rings (SSSR count). The van der Waals surface area contributed by atoms with Crippen molar-refractivity contribution >= 4 is 0 Å². The topological polar surface area (TPSA) is 0 Å². The Bertz CT molecular complexity index is 684. The van der Waals surface area contributed by atoms with Crippen LogP contribution in [0, 0.1) is 5.89 Å². The van der Waals surface area contributed by atoms with Crippen LogP contribution in [0.5, 0.6) is 0 Å². The Balaban J connectivity index is 4.33. The first-order valence-electron chi connectivity index (χ1n) is 12.0. The molecule has 1 unspecified atom stereocenters. The van der Waals surface area contributed by atoms with E-state index in [0.717, 1.165) is 0 Å². The maximum absolute atomic E-state index is 9.09. The van der Waals surface area contributed by atoms with E-state index < -0.39 is 43.2 Å². The fourth-order valence-electron chi connectivity index (χ4n) is 2.43. The number of hydrogen-bond donors (Lipinski definition) is 0. The summed E-state index contributed by atoms with van der Waals surface area (Å²) in [5.74, 6) is -6.84. The summed E-state index contributed by atoms with van der Waals surface area (Å²) in [6.45, 7) is 2.60. The van der Waals surface area contributed by atoms with Gasteiger partial charge in [0, 0.05) is 15.1 Å². The standard InChI is InChI=1S/C19H32/c1-9-15(13(2)3)17-12-10-11-16(14(4)5)18(17)19(6,7)8/h10-15H,9H2,1-8H3/i4D3,5D3,9D2,13D,14D,15D. The van der Waals surface area contributed by atoms with E-state index in [0.29, 0.717) is 0 Å². The maximum atomic E-state index is 9.09. The summed E-state index contributed by atoms with van der Waals surface area (Å²) in [5.41, 5.74) is -1.10. The zero-order valence-electron chi connectivity index (χ0n) is 23.7. The molecule has 0 fully saturated rings. The van der Waals surface area contributed by atoms with Gasteiger partial charge in [0.1, 0.15) is 0 Å². The van der Waals surface area contributed by atoms with Crippen molar-refractivity contribution < 1.29 is 15.1 Å². The first-order valence-corrected chi connectivity index (χ1v) is 6.49. The van der Waals surface area contributed by atoms with E-state index in [2.05, 4.69) is 0 Å². The van der Waals surface area contributed by atoms with Gasteiger partial charge in [-0.3, -0.25) is 0 Å². The fourth-order valence-corrected chi connectivity index (χ4v) is 2.43. The molecule has 0 saturated heterocycles. The first kappa shape index (κ1) is 6.33. The van der Waals surface area contributed by atoms with Crippen molar-refractivity contribution in [2.45, 2.75) is 78.8 Å². The second kappa shape index (κ2) is 6.11. The van der Waals surface area contributed by atoms with Crippen LogP contribution < -0.4 is 0 Å². The summed E-state index contributed by atoms with van der Waals surface area (Å²) in [5, 5.41) is 0. The third kappa shape index (κ3) is 3.61. The van der Waals surface area contributed by atoms with Gasteiger partial charge in [-0.2, -0.15) is 0 Å². The van der Waals surface area contributed by atoms with E-state index in [9.17, 15) is 0 Å². The predicted molar refractivity (Wildman–Crippen MR) is 87.1 cm³/mol. The Kier molecular flexibility index (Phi) is 2.04. The van der Waals surface area contributed by atoms with Crippen LogP contribution in [0.1, 0.15) is 105 Å². The van der Waals surface area contributed by atoms with Crippen LogP contribution in [-0.2, 0) is 5.41 Å². The summed E-state index contributed by atoms with van der Waals surface area (Å²) >= 11 is 0. The smallest absolute Gasteiger partial charge is 0.0355 e. The molecule has 0 amide bonds. The van der Waals surface area contributed by atoms with Gasteiger partial charge in [-0.1, -0.05) is 73.4 Å². The second-order valence-electron chi connectivity index (χ2n) is 5.98. The summed E-state index contributed by atoms with van der Waals surface area (Å²) in [7, 11) is 0. The molecule has 0 N–H and O–H groups in total. The highest BCUT2D eigenvalue weighted by Crippen LogP contribution is 2.39. The molecule has 0 aliphatic heterocycles. The van der Waals surface area contributed by atoms with E-state index >= 15 is 0 Å². The third-order valence-corrected chi connectivity index (χ3v) is 3.10. The molecule has 0 spiro atoms. The molecule has 0 nitrogen and oxygen atoms in total. The van der Waals surface area contributed by atoms with Crippen molar-refractivity contribution in [3.63, 3.8) is 0 Å². The van der Waals surface area contributed by atoms with Gasteiger partial charge in [0.15, 0.2) is 0 Å². The SMILES string of the molecule is [2H]C([2H])([2H])C([2H])(c1cccc(C([2H])(C([2H])([2H])C)C([2H])(C)C)c1C(C)(C)C)C([2H])([2H])[2H]. The summed E-state index contributed by atoms with van der Waals surface area (Å²) in [4.78, 5) is 0. The fraction of sp³-hybridized carbons (Fsp3) is 0.684. The molecule has 0 saturated carbocycles. The Morgan fingerprint density at radius 1 is 1.21 bits per heavy atom. The van der Waals surface area contributed by atoms with Crippen LogP contribution >= 0.6 is 0 Å². The van der Waals surface area contributed by atoms with Crippen molar-refractivity contribution in [1.29, 1.82) is 0 Å². The minimum atomic E-state index is -3.22. The zero-order valence-corrected chi connectivity index (χ0v) is 12.7. The second-order valence-corrected chi connectivity index (χ2v) is 5.98. The summed E-state index contributed by atoms with van der Waals surface area (Å²) < 4.78 is 90.3. The van der Waals surface area contributed by atoms with Crippen molar-refractivity contribution in [3.05, 3.63) is 34.9 Å². The lowest BCUT2D eigenvalue weighted by atomic mass is 9.72. The third-order valence-electron chi connectivity index (χ3n) is 3.10. The normalized spacial score (nSPS) is 27.6. The Morgan fingerprint density at radius 2 is 1.79 bits per heavy atom. The molecule has 1 aromatic rings. The van der Waals surface area contributed by atoms with E-state index in [1.165, 1.54) is 39.0 Å². The highest BCUT2D eigenvalue weighted by molar-refractivity contribution is 5.43. The van der Waals surface area contributed by atoms with Gasteiger partial charge in [0.05, 0.1) is 0 Å². The summed E-state index contributed by atoms with van der Waals surface area (Å²) in [6.07, 6.45) is -2.23. The van der Waals surface area contributed by atoms with Gasteiger partial charge in [-0.05, 0) is 46.2 Å². The molecule has 0 heterocycles. The largest absolute Gasteiger partial charge is 0.0648 e. The quantitative estimate of drug-likeness (QED) is 0.606.